The zero-order chi connectivity index (χ0) is 16.7. The maximum Gasteiger partial charge on any atom is 0.251 e. The van der Waals surface area contributed by atoms with Gasteiger partial charge in [0.25, 0.3) is 5.91 Å². The Morgan fingerprint density at radius 2 is 1.68 bits per heavy atom. The Bertz CT molecular complexity index is 488. The van der Waals surface area contributed by atoms with Crippen molar-refractivity contribution in [3.05, 3.63) is 29.8 Å². The van der Waals surface area contributed by atoms with Crippen LogP contribution in [0.15, 0.2) is 24.3 Å². The normalized spacial score (nSPS) is 14.6. The Balaban J connectivity index is 0.00000288. The van der Waals surface area contributed by atoms with Crippen LogP contribution >= 0.6 is 24.8 Å². The fourth-order valence-corrected chi connectivity index (χ4v) is 2.89. The lowest BCUT2D eigenvalue weighted by molar-refractivity contribution is 0.0953. The third kappa shape index (κ3) is 7.40. The van der Waals surface area contributed by atoms with Crippen molar-refractivity contribution in [2.24, 2.45) is 5.73 Å². The summed E-state index contributed by atoms with van der Waals surface area (Å²) in [4.78, 5) is 16.9. The largest absolute Gasteiger partial charge is 0.369 e. The van der Waals surface area contributed by atoms with E-state index in [1.165, 1.54) is 5.69 Å². The molecule has 1 amide bonds. The summed E-state index contributed by atoms with van der Waals surface area (Å²) in [7, 11) is 0. The molecule has 0 atom stereocenters. The van der Waals surface area contributed by atoms with E-state index >= 15 is 0 Å². The number of hydrogen-bond donors (Lipinski definition) is 2. The standard InChI is InChI=1S/C18H30N4O.2ClH/c1-15(2)21-11-13-22(14-12-21)17-7-5-16(6-8-17)18(23)20-10-4-3-9-19;;/h5-8,15H,3-4,9-14,19H2,1-2H3,(H,20,23);2*1H. The molecule has 25 heavy (non-hydrogen) atoms. The van der Waals surface area contributed by atoms with Crippen molar-refractivity contribution in [2.45, 2.75) is 32.7 Å². The van der Waals surface area contributed by atoms with E-state index in [9.17, 15) is 4.79 Å². The SMILES string of the molecule is CC(C)N1CCN(c2ccc(C(=O)NCCCCN)cc2)CC1.Cl.Cl. The molecule has 1 aliphatic rings. The summed E-state index contributed by atoms with van der Waals surface area (Å²) in [6, 6.07) is 8.56. The van der Waals surface area contributed by atoms with Gasteiger partial charge in [0.05, 0.1) is 0 Å². The molecule has 7 heteroatoms. The van der Waals surface area contributed by atoms with E-state index in [4.69, 9.17) is 5.73 Å². The van der Waals surface area contributed by atoms with Crippen molar-refractivity contribution in [3.63, 3.8) is 0 Å². The summed E-state index contributed by atoms with van der Waals surface area (Å²) in [6.07, 6.45) is 1.88. The highest BCUT2D eigenvalue weighted by atomic mass is 35.5. The summed E-state index contributed by atoms with van der Waals surface area (Å²) in [5.74, 6) is -0.00167. The Kier molecular flexibility index (Phi) is 11.9. The highest BCUT2D eigenvalue weighted by molar-refractivity contribution is 5.94. The second-order valence-corrected chi connectivity index (χ2v) is 6.42. The minimum atomic E-state index is -0.00167. The molecule has 0 bridgehead atoms. The highest BCUT2D eigenvalue weighted by Crippen LogP contribution is 2.18. The first-order valence-corrected chi connectivity index (χ1v) is 8.69. The van der Waals surface area contributed by atoms with Crippen molar-refractivity contribution in [2.75, 3.05) is 44.2 Å². The molecule has 0 aromatic heterocycles. The van der Waals surface area contributed by atoms with Gasteiger partial charge in [0, 0.05) is 50.0 Å². The van der Waals surface area contributed by atoms with E-state index in [-0.39, 0.29) is 30.7 Å². The molecule has 5 nitrogen and oxygen atoms in total. The molecule has 1 aromatic rings. The number of anilines is 1. The van der Waals surface area contributed by atoms with Crippen LogP contribution in [0.4, 0.5) is 5.69 Å². The second kappa shape index (κ2) is 12.4. The van der Waals surface area contributed by atoms with Gasteiger partial charge in [0.2, 0.25) is 0 Å². The number of halogens is 2. The van der Waals surface area contributed by atoms with Crippen LogP contribution in [-0.4, -0.2) is 56.1 Å². The van der Waals surface area contributed by atoms with Gasteiger partial charge in [-0.1, -0.05) is 0 Å². The lowest BCUT2D eigenvalue weighted by Crippen LogP contribution is -2.48. The van der Waals surface area contributed by atoms with Gasteiger partial charge >= 0.3 is 0 Å². The van der Waals surface area contributed by atoms with Gasteiger partial charge in [0.1, 0.15) is 0 Å². The number of carbonyl (C=O) groups is 1. The molecular formula is C18H32Cl2N4O. The van der Waals surface area contributed by atoms with E-state index in [2.05, 4.69) is 41.1 Å². The molecule has 144 valence electrons. The molecule has 1 aliphatic heterocycles. The first-order valence-electron chi connectivity index (χ1n) is 8.69. The van der Waals surface area contributed by atoms with Crippen molar-refractivity contribution in [1.82, 2.24) is 10.2 Å². The van der Waals surface area contributed by atoms with Gasteiger partial charge in [-0.3, -0.25) is 9.69 Å². The van der Waals surface area contributed by atoms with Crippen LogP contribution in [0.2, 0.25) is 0 Å². The maximum atomic E-state index is 12.1. The van der Waals surface area contributed by atoms with Crippen LogP contribution in [0, 0.1) is 0 Å². The van der Waals surface area contributed by atoms with E-state index in [0.717, 1.165) is 44.6 Å². The number of rotatable bonds is 7. The Labute approximate surface area is 164 Å². The van der Waals surface area contributed by atoms with Crippen molar-refractivity contribution in [1.29, 1.82) is 0 Å². The number of nitrogens with zero attached hydrogens (tertiary/aromatic N) is 2. The van der Waals surface area contributed by atoms with Gasteiger partial charge in [-0.05, 0) is 57.5 Å². The molecule has 3 N–H and O–H groups in total. The minimum absolute atomic E-state index is 0. The van der Waals surface area contributed by atoms with Crippen LogP contribution < -0.4 is 16.0 Å². The van der Waals surface area contributed by atoms with Gasteiger partial charge in [0.15, 0.2) is 0 Å². The van der Waals surface area contributed by atoms with E-state index in [1.54, 1.807) is 0 Å². The van der Waals surface area contributed by atoms with E-state index < -0.39 is 0 Å². The van der Waals surface area contributed by atoms with Crippen molar-refractivity contribution < 1.29 is 4.79 Å². The quantitative estimate of drug-likeness (QED) is 0.702. The smallest absolute Gasteiger partial charge is 0.251 e. The van der Waals surface area contributed by atoms with Crippen LogP contribution in [0.3, 0.4) is 0 Å². The molecule has 1 aromatic carbocycles. The summed E-state index contributed by atoms with van der Waals surface area (Å²) >= 11 is 0. The van der Waals surface area contributed by atoms with Crippen LogP contribution in [-0.2, 0) is 0 Å². The zero-order valence-corrected chi connectivity index (χ0v) is 16.9. The number of nitrogens with one attached hydrogen (secondary N) is 1. The molecule has 1 saturated heterocycles. The second-order valence-electron chi connectivity index (χ2n) is 6.42. The number of nitrogens with two attached hydrogens (primary N) is 1. The van der Waals surface area contributed by atoms with Gasteiger partial charge in [-0.2, -0.15) is 0 Å². The zero-order valence-electron chi connectivity index (χ0n) is 15.2. The highest BCUT2D eigenvalue weighted by Gasteiger charge is 2.19. The summed E-state index contributed by atoms with van der Waals surface area (Å²) < 4.78 is 0. The lowest BCUT2D eigenvalue weighted by atomic mass is 10.1. The topological polar surface area (TPSA) is 61.6 Å². The van der Waals surface area contributed by atoms with Crippen LogP contribution in [0.5, 0.6) is 0 Å². The molecule has 1 heterocycles. The minimum Gasteiger partial charge on any atom is -0.369 e. The fourth-order valence-electron chi connectivity index (χ4n) is 2.89. The van der Waals surface area contributed by atoms with E-state index in [0.29, 0.717) is 19.1 Å². The Morgan fingerprint density at radius 3 is 2.20 bits per heavy atom. The van der Waals surface area contributed by atoms with Gasteiger partial charge in [-0.25, -0.2) is 0 Å². The summed E-state index contributed by atoms with van der Waals surface area (Å²) in [5.41, 5.74) is 7.37. The third-order valence-corrected chi connectivity index (χ3v) is 4.46. The Hall–Kier alpha value is -1.01. The Morgan fingerprint density at radius 1 is 1.08 bits per heavy atom. The summed E-state index contributed by atoms with van der Waals surface area (Å²) in [6.45, 7) is 10.1. The van der Waals surface area contributed by atoms with Crippen molar-refractivity contribution >= 4 is 36.4 Å². The predicted octanol–water partition coefficient (Wildman–Crippen LogP) is 2.53. The van der Waals surface area contributed by atoms with Crippen molar-refractivity contribution in [3.8, 4) is 0 Å². The number of unbranched alkanes of at least 4 members (excludes halogenated alkanes) is 1. The number of amides is 1. The third-order valence-electron chi connectivity index (χ3n) is 4.46. The van der Waals surface area contributed by atoms with Crippen LogP contribution in [0.25, 0.3) is 0 Å². The number of hydrogen-bond acceptors (Lipinski definition) is 4. The monoisotopic (exact) mass is 390 g/mol. The molecule has 2 rings (SSSR count). The van der Waals surface area contributed by atoms with Gasteiger partial charge in [-0.15, -0.1) is 24.8 Å². The number of benzene rings is 1. The number of piperazine rings is 1. The average Bonchev–Trinajstić information content (AvgIpc) is 2.59. The average molecular weight is 391 g/mol. The molecule has 0 unspecified atom stereocenters. The first kappa shape index (κ1) is 24.0. The molecule has 0 spiro atoms. The molecular weight excluding hydrogens is 359 g/mol. The molecule has 1 fully saturated rings. The summed E-state index contributed by atoms with van der Waals surface area (Å²) in [5, 5.41) is 2.94. The number of carbonyl (C=O) groups excluding carboxylic acids is 1. The molecule has 0 saturated carbocycles. The molecule has 0 radical (unpaired) electrons. The molecule has 0 aliphatic carbocycles. The van der Waals surface area contributed by atoms with Gasteiger partial charge < -0.3 is 16.0 Å². The lowest BCUT2D eigenvalue weighted by Gasteiger charge is -2.38. The maximum absolute atomic E-state index is 12.1. The predicted molar refractivity (Wildman–Crippen MR) is 110 cm³/mol. The first-order chi connectivity index (χ1) is 11.1. The fraction of sp³-hybridized carbons (Fsp3) is 0.611. The van der Waals surface area contributed by atoms with E-state index in [1.807, 2.05) is 12.1 Å². The van der Waals surface area contributed by atoms with Crippen LogP contribution in [0.1, 0.15) is 37.0 Å².